The van der Waals surface area contributed by atoms with Gasteiger partial charge in [0.05, 0.1) is 5.54 Å². The molecule has 5 heteroatoms. The zero-order valence-corrected chi connectivity index (χ0v) is 11.3. The van der Waals surface area contributed by atoms with Crippen molar-refractivity contribution in [3.63, 3.8) is 0 Å². The molecular formula is C11H24N2O2S. The zero-order valence-electron chi connectivity index (χ0n) is 10.5. The Morgan fingerprint density at radius 3 is 2.69 bits per heavy atom. The molecule has 0 spiro atoms. The lowest BCUT2D eigenvalue weighted by molar-refractivity contribution is -0.124. The molecule has 0 heterocycles. The highest BCUT2D eigenvalue weighted by Crippen LogP contribution is 2.22. The van der Waals surface area contributed by atoms with Gasteiger partial charge in [0.25, 0.3) is 0 Å². The van der Waals surface area contributed by atoms with E-state index in [4.69, 9.17) is 10.8 Å². The standard InChI is InChI=1S/C11H24N2O2S/c1-4-13-11(3,10(12)15)8-9(2)16-7-5-6-14/h9,13-14H,4-8H2,1-3H3,(H2,12,15). The topological polar surface area (TPSA) is 75.3 Å². The van der Waals surface area contributed by atoms with Gasteiger partial charge in [0.2, 0.25) is 5.91 Å². The molecule has 16 heavy (non-hydrogen) atoms. The van der Waals surface area contributed by atoms with Crippen LogP contribution in [0.15, 0.2) is 0 Å². The lowest BCUT2D eigenvalue weighted by Crippen LogP contribution is -2.54. The minimum absolute atomic E-state index is 0.222. The summed E-state index contributed by atoms with van der Waals surface area (Å²) in [5.41, 5.74) is 4.78. The third kappa shape index (κ3) is 5.72. The molecule has 2 unspecified atom stereocenters. The van der Waals surface area contributed by atoms with Crippen molar-refractivity contribution in [3.8, 4) is 0 Å². The number of nitrogens with one attached hydrogen (secondary N) is 1. The van der Waals surface area contributed by atoms with Gasteiger partial charge in [-0.25, -0.2) is 0 Å². The van der Waals surface area contributed by atoms with Gasteiger partial charge >= 0.3 is 0 Å². The van der Waals surface area contributed by atoms with Crippen LogP contribution in [-0.4, -0.2) is 40.7 Å². The van der Waals surface area contributed by atoms with E-state index in [2.05, 4.69) is 12.2 Å². The number of nitrogens with two attached hydrogens (primary N) is 1. The first kappa shape index (κ1) is 15.7. The van der Waals surface area contributed by atoms with E-state index in [0.717, 1.165) is 18.7 Å². The Hall–Kier alpha value is -0.260. The average molecular weight is 248 g/mol. The van der Waals surface area contributed by atoms with Gasteiger partial charge in [-0.1, -0.05) is 13.8 Å². The molecule has 0 aliphatic carbocycles. The zero-order chi connectivity index (χ0) is 12.6. The average Bonchev–Trinajstić information content (AvgIpc) is 2.18. The molecule has 0 saturated heterocycles. The first-order valence-corrected chi connectivity index (χ1v) is 6.78. The van der Waals surface area contributed by atoms with Crippen LogP contribution in [0.5, 0.6) is 0 Å². The second-order valence-electron chi connectivity index (χ2n) is 4.19. The number of rotatable bonds is 9. The molecule has 4 N–H and O–H groups in total. The Balaban J connectivity index is 4.13. The minimum atomic E-state index is -0.625. The molecule has 0 saturated carbocycles. The number of aliphatic hydroxyl groups excluding tert-OH is 1. The number of carbonyl (C=O) groups excluding carboxylic acids is 1. The number of thioether (sulfide) groups is 1. The van der Waals surface area contributed by atoms with E-state index in [1.54, 1.807) is 11.8 Å². The fraction of sp³-hybridized carbons (Fsp3) is 0.909. The fourth-order valence-corrected chi connectivity index (χ4v) is 2.78. The van der Waals surface area contributed by atoms with Crippen LogP contribution in [0.1, 0.15) is 33.6 Å². The van der Waals surface area contributed by atoms with Crippen LogP contribution >= 0.6 is 11.8 Å². The van der Waals surface area contributed by atoms with Crippen LogP contribution in [0.4, 0.5) is 0 Å². The highest BCUT2D eigenvalue weighted by Gasteiger charge is 2.31. The summed E-state index contributed by atoms with van der Waals surface area (Å²) < 4.78 is 0. The maximum Gasteiger partial charge on any atom is 0.237 e. The van der Waals surface area contributed by atoms with Crippen molar-refractivity contribution in [3.05, 3.63) is 0 Å². The fourth-order valence-electron chi connectivity index (χ4n) is 1.63. The predicted molar refractivity (Wildman–Crippen MR) is 69.5 cm³/mol. The van der Waals surface area contributed by atoms with Gasteiger partial charge < -0.3 is 16.2 Å². The van der Waals surface area contributed by atoms with Gasteiger partial charge in [-0.05, 0) is 32.1 Å². The van der Waals surface area contributed by atoms with Gasteiger partial charge in [-0.2, -0.15) is 11.8 Å². The first-order valence-electron chi connectivity index (χ1n) is 5.73. The summed E-state index contributed by atoms with van der Waals surface area (Å²) in [4.78, 5) is 11.4. The number of aliphatic hydroxyl groups is 1. The normalized spacial score (nSPS) is 16.8. The lowest BCUT2D eigenvalue weighted by atomic mass is 9.95. The third-order valence-electron chi connectivity index (χ3n) is 2.51. The molecule has 0 rings (SSSR count). The molecule has 0 aromatic heterocycles. The van der Waals surface area contributed by atoms with Crippen LogP contribution in [0.25, 0.3) is 0 Å². The molecule has 1 amide bonds. The van der Waals surface area contributed by atoms with Crippen LogP contribution in [0.3, 0.4) is 0 Å². The molecule has 4 nitrogen and oxygen atoms in total. The number of hydrogen-bond donors (Lipinski definition) is 3. The van der Waals surface area contributed by atoms with Gasteiger partial charge in [0.1, 0.15) is 0 Å². The summed E-state index contributed by atoms with van der Waals surface area (Å²) in [6.45, 7) is 6.85. The van der Waals surface area contributed by atoms with Gasteiger partial charge in [-0.3, -0.25) is 4.79 Å². The smallest absolute Gasteiger partial charge is 0.237 e. The number of primary amides is 1. The van der Waals surface area contributed by atoms with Crippen molar-refractivity contribution in [2.24, 2.45) is 5.73 Å². The van der Waals surface area contributed by atoms with Gasteiger partial charge in [0, 0.05) is 11.9 Å². The van der Waals surface area contributed by atoms with Crippen molar-refractivity contribution in [1.29, 1.82) is 0 Å². The maximum absolute atomic E-state index is 11.4. The van der Waals surface area contributed by atoms with E-state index in [-0.39, 0.29) is 12.5 Å². The summed E-state index contributed by atoms with van der Waals surface area (Å²) in [6, 6.07) is 0. The van der Waals surface area contributed by atoms with E-state index in [1.807, 2.05) is 13.8 Å². The summed E-state index contributed by atoms with van der Waals surface area (Å²) in [5.74, 6) is 0.613. The molecule has 0 aliphatic rings. The predicted octanol–water partition coefficient (Wildman–Crippen LogP) is 0.734. The van der Waals surface area contributed by atoms with E-state index in [1.165, 1.54) is 0 Å². The third-order valence-corrected chi connectivity index (χ3v) is 3.77. The van der Waals surface area contributed by atoms with Crippen LogP contribution in [0, 0.1) is 0 Å². The van der Waals surface area contributed by atoms with Gasteiger partial charge in [-0.15, -0.1) is 0 Å². The maximum atomic E-state index is 11.4. The van der Waals surface area contributed by atoms with Crippen molar-refractivity contribution in [2.45, 2.75) is 44.4 Å². The molecule has 0 radical (unpaired) electrons. The molecular weight excluding hydrogens is 224 g/mol. The Morgan fingerprint density at radius 2 is 2.25 bits per heavy atom. The minimum Gasteiger partial charge on any atom is -0.396 e. The van der Waals surface area contributed by atoms with Crippen LogP contribution in [-0.2, 0) is 4.79 Å². The summed E-state index contributed by atoms with van der Waals surface area (Å²) in [5, 5.41) is 12.2. The largest absolute Gasteiger partial charge is 0.396 e. The Bertz CT molecular complexity index is 214. The molecule has 0 aliphatic heterocycles. The second-order valence-corrected chi connectivity index (χ2v) is 5.74. The van der Waals surface area contributed by atoms with Crippen molar-refractivity contribution in [1.82, 2.24) is 5.32 Å². The number of likely N-dealkylation sites (N-methyl/N-ethyl adjacent to an activating group) is 1. The van der Waals surface area contributed by atoms with E-state index >= 15 is 0 Å². The molecule has 0 fully saturated rings. The van der Waals surface area contributed by atoms with Crippen LogP contribution in [0.2, 0.25) is 0 Å². The first-order chi connectivity index (χ1) is 7.46. The quantitative estimate of drug-likeness (QED) is 0.526. The summed E-state index contributed by atoms with van der Waals surface area (Å²) in [6.07, 6.45) is 1.51. The summed E-state index contributed by atoms with van der Waals surface area (Å²) >= 11 is 1.76. The number of amides is 1. The van der Waals surface area contributed by atoms with Crippen LogP contribution < -0.4 is 11.1 Å². The second kappa shape index (κ2) is 7.92. The Kier molecular flexibility index (Phi) is 7.80. The molecule has 0 bridgehead atoms. The van der Waals surface area contributed by atoms with Gasteiger partial charge in [0.15, 0.2) is 0 Å². The molecule has 0 aromatic rings. The molecule has 2 atom stereocenters. The van der Waals surface area contributed by atoms with E-state index < -0.39 is 5.54 Å². The summed E-state index contributed by atoms with van der Waals surface area (Å²) in [7, 11) is 0. The van der Waals surface area contributed by atoms with E-state index in [0.29, 0.717) is 11.7 Å². The number of hydrogen-bond acceptors (Lipinski definition) is 4. The highest BCUT2D eigenvalue weighted by molar-refractivity contribution is 7.99. The lowest BCUT2D eigenvalue weighted by Gasteiger charge is -2.29. The Morgan fingerprint density at radius 1 is 1.62 bits per heavy atom. The molecule has 0 aromatic carbocycles. The molecule has 96 valence electrons. The SMILES string of the molecule is CCNC(C)(CC(C)SCCCO)C(N)=O. The van der Waals surface area contributed by atoms with Crippen molar-refractivity contribution >= 4 is 17.7 Å². The highest BCUT2D eigenvalue weighted by atomic mass is 32.2. The number of carbonyl (C=O) groups is 1. The monoisotopic (exact) mass is 248 g/mol. The van der Waals surface area contributed by atoms with E-state index in [9.17, 15) is 4.79 Å². The Labute approximate surface area is 102 Å². The van der Waals surface area contributed by atoms with Crippen molar-refractivity contribution < 1.29 is 9.90 Å². The van der Waals surface area contributed by atoms with Crippen molar-refractivity contribution in [2.75, 3.05) is 18.9 Å².